The van der Waals surface area contributed by atoms with Gasteiger partial charge < -0.3 is 9.63 Å². The van der Waals surface area contributed by atoms with Crippen molar-refractivity contribution >= 4 is 17.6 Å². The van der Waals surface area contributed by atoms with Crippen molar-refractivity contribution in [1.29, 1.82) is 0 Å². The summed E-state index contributed by atoms with van der Waals surface area (Å²) < 4.78 is 4.78. The minimum absolute atomic E-state index is 0.0938. The number of nitrogens with one attached hydrogen (secondary N) is 1. The zero-order chi connectivity index (χ0) is 10.1. The molecular formula is C7H4ClN3O3. The van der Waals surface area contributed by atoms with Gasteiger partial charge in [0.2, 0.25) is 0 Å². The summed E-state index contributed by atoms with van der Waals surface area (Å²) >= 11 is 5.54. The maximum absolute atomic E-state index is 10.8. The number of nitrogens with zero attached hydrogens (tertiary/aromatic N) is 2. The van der Waals surface area contributed by atoms with Crippen LogP contribution in [0.3, 0.4) is 0 Å². The Hall–Kier alpha value is -1.82. The van der Waals surface area contributed by atoms with Gasteiger partial charge in [-0.3, -0.25) is 5.10 Å². The number of hydrogen-bond acceptors (Lipinski definition) is 4. The summed E-state index contributed by atoms with van der Waals surface area (Å²) in [7, 11) is 0. The lowest BCUT2D eigenvalue weighted by Crippen LogP contribution is -1.96. The fraction of sp³-hybridized carbons (Fsp3) is 0. The van der Waals surface area contributed by atoms with E-state index in [0.29, 0.717) is 5.56 Å². The molecule has 72 valence electrons. The van der Waals surface area contributed by atoms with Crippen LogP contribution in [0, 0.1) is 0 Å². The highest BCUT2D eigenvalue weighted by atomic mass is 35.5. The van der Waals surface area contributed by atoms with Gasteiger partial charge in [0.1, 0.15) is 5.56 Å². The lowest BCUT2D eigenvalue weighted by Gasteiger charge is -1.91. The van der Waals surface area contributed by atoms with Crippen LogP contribution >= 0.6 is 11.6 Å². The Morgan fingerprint density at radius 1 is 1.64 bits per heavy atom. The first-order valence-corrected chi connectivity index (χ1v) is 3.95. The van der Waals surface area contributed by atoms with E-state index in [-0.39, 0.29) is 16.5 Å². The van der Waals surface area contributed by atoms with Gasteiger partial charge in [-0.15, -0.1) is 0 Å². The summed E-state index contributed by atoms with van der Waals surface area (Å²) in [6.07, 6.45) is 2.91. The molecule has 0 radical (unpaired) electrons. The van der Waals surface area contributed by atoms with Gasteiger partial charge in [0.15, 0.2) is 10.9 Å². The van der Waals surface area contributed by atoms with E-state index >= 15 is 0 Å². The van der Waals surface area contributed by atoms with Gasteiger partial charge in [-0.1, -0.05) is 16.8 Å². The highest BCUT2D eigenvalue weighted by molar-refractivity contribution is 6.32. The van der Waals surface area contributed by atoms with Gasteiger partial charge in [-0.2, -0.15) is 5.10 Å². The van der Waals surface area contributed by atoms with Crippen LogP contribution in [-0.4, -0.2) is 26.4 Å². The van der Waals surface area contributed by atoms with E-state index in [1.165, 1.54) is 12.4 Å². The fourth-order valence-corrected chi connectivity index (χ4v) is 1.23. The molecule has 2 aromatic heterocycles. The number of aromatic nitrogens is 3. The van der Waals surface area contributed by atoms with Crippen molar-refractivity contribution in [2.75, 3.05) is 0 Å². The summed E-state index contributed by atoms with van der Waals surface area (Å²) in [6.45, 7) is 0. The molecule has 0 saturated carbocycles. The van der Waals surface area contributed by atoms with Gasteiger partial charge in [0, 0.05) is 6.20 Å². The lowest BCUT2D eigenvalue weighted by molar-refractivity contribution is 0.0697. The smallest absolute Gasteiger partial charge is 0.342 e. The Balaban J connectivity index is 2.60. The molecule has 2 heterocycles. The maximum atomic E-state index is 10.8. The number of aromatic carboxylic acids is 1. The molecule has 0 aliphatic rings. The summed E-state index contributed by atoms with van der Waals surface area (Å²) in [6, 6.07) is 0. The topological polar surface area (TPSA) is 92.0 Å². The minimum atomic E-state index is -1.19. The molecule has 2 aromatic rings. The third-order valence-electron chi connectivity index (χ3n) is 1.62. The molecule has 0 aliphatic heterocycles. The van der Waals surface area contributed by atoms with Crippen LogP contribution < -0.4 is 0 Å². The molecule has 0 saturated heterocycles. The predicted molar refractivity (Wildman–Crippen MR) is 46.1 cm³/mol. The minimum Gasteiger partial charge on any atom is -0.477 e. The van der Waals surface area contributed by atoms with E-state index in [2.05, 4.69) is 15.4 Å². The molecule has 14 heavy (non-hydrogen) atoms. The van der Waals surface area contributed by atoms with Crippen molar-refractivity contribution < 1.29 is 14.4 Å². The molecule has 0 aliphatic carbocycles. The Kier molecular flexibility index (Phi) is 1.97. The zero-order valence-electron chi connectivity index (χ0n) is 6.69. The number of carbonyl (C=O) groups is 1. The first kappa shape index (κ1) is 8.76. The summed E-state index contributed by atoms with van der Waals surface area (Å²) in [4.78, 5) is 10.8. The van der Waals surface area contributed by atoms with Gasteiger partial charge in [-0.05, 0) is 0 Å². The molecular weight excluding hydrogens is 210 g/mol. The normalized spacial score (nSPS) is 10.4. The largest absolute Gasteiger partial charge is 0.477 e. The van der Waals surface area contributed by atoms with E-state index in [4.69, 9.17) is 21.2 Å². The quantitative estimate of drug-likeness (QED) is 0.787. The van der Waals surface area contributed by atoms with Crippen molar-refractivity contribution in [2.24, 2.45) is 0 Å². The summed E-state index contributed by atoms with van der Waals surface area (Å²) in [5, 5.41) is 18.2. The summed E-state index contributed by atoms with van der Waals surface area (Å²) in [5.74, 6) is -1.09. The van der Waals surface area contributed by atoms with Crippen LogP contribution in [0.25, 0.3) is 11.3 Å². The Morgan fingerprint density at radius 3 is 3.00 bits per heavy atom. The van der Waals surface area contributed by atoms with E-state index in [1.807, 2.05) is 0 Å². The number of H-pyrrole nitrogens is 1. The number of rotatable bonds is 2. The fourth-order valence-electron chi connectivity index (χ4n) is 1.03. The van der Waals surface area contributed by atoms with Gasteiger partial charge in [0.05, 0.1) is 11.8 Å². The second-order valence-electron chi connectivity index (χ2n) is 2.47. The monoisotopic (exact) mass is 213 g/mol. The average Bonchev–Trinajstić information content (AvgIpc) is 2.70. The maximum Gasteiger partial charge on any atom is 0.342 e. The number of halogens is 1. The van der Waals surface area contributed by atoms with E-state index in [9.17, 15) is 4.79 Å². The van der Waals surface area contributed by atoms with Crippen LogP contribution in [0.15, 0.2) is 16.9 Å². The highest BCUT2D eigenvalue weighted by Gasteiger charge is 2.22. The second kappa shape index (κ2) is 3.15. The van der Waals surface area contributed by atoms with Crippen LogP contribution in [0.4, 0.5) is 0 Å². The van der Waals surface area contributed by atoms with Crippen molar-refractivity contribution in [3.05, 3.63) is 23.1 Å². The first-order valence-electron chi connectivity index (χ1n) is 3.57. The number of carboxylic acids is 1. The van der Waals surface area contributed by atoms with E-state index in [0.717, 1.165) is 0 Å². The zero-order valence-corrected chi connectivity index (χ0v) is 7.45. The van der Waals surface area contributed by atoms with Gasteiger partial charge in [-0.25, -0.2) is 4.79 Å². The van der Waals surface area contributed by atoms with E-state index < -0.39 is 5.97 Å². The SMILES string of the molecule is O=C(O)c1c(Cl)noc1-c1cn[nH]c1. The van der Waals surface area contributed by atoms with Crippen molar-refractivity contribution in [1.82, 2.24) is 15.4 Å². The van der Waals surface area contributed by atoms with Crippen molar-refractivity contribution in [3.63, 3.8) is 0 Å². The van der Waals surface area contributed by atoms with Crippen LogP contribution in [0.1, 0.15) is 10.4 Å². The third kappa shape index (κ3) is 1.25. The van der Waals surface area contributed by atoms with Crippen molar-refractivity contribution in [3.8, 4) is 11.3 Å². The molecule has 0 bridgehead atoms. The van der Waals surface area contributed by atoms with Crippen LogP contribution in [-0.2, 0) is 0 Å². The van der Waals surface area contributed by atoms with Crippen LogP contribution in [0.2, 0.25) is 5.15 Å². The molecule has 0 fully saturated rings. The molecule has 0 amide bonds. The second-order valence-corrected chi connectivity index (χ2v) is 2.83. The molecule has 2 rings (SSSR count). The third-order valence-corrected chi connectivity index (χ3v) is 1.88. The predicted octanol–water partition coefficient (Wildman–Crippen LogP) is 1.42. The van der Waals surface area contributed by atoms with Gasteiger partial charge in [0.25, 0.3) is 0 Å². The Bertz CT molecular complexity index is 462. The number of hydrogen-bond donors (Lipinski definition) is 2. The van der Waals surface area contributed by atoms with Crippen LogP contribution in [0.5, 0.6) is 0 Å². The summed E-state index contributed by atoms with van der Waals surface area (Å²) in [5.41, 5.74) is 0.329. The van der Waals surface area contributed by atoms with Gasteiger partial charge >= 0.3 is 5.97 Å². The molecule has 0 spiro atoms. The molecule has 2 N–H and O–H groups in total. The standard InChI is InChI=1S/C7H4ClN3O3/c8-6-4(7(12)13)5(14-11-6)3-1-9-10-2-3/h1-2H,(H,9,10)(H,12,13). The first-order chi connectivity index (χ1) is 6.70. The highest BCUT2D eigenvalue weighted by Crippen LogP contribution is 2.27. The molecule has 6 nitrogen and oxygen atoms in total. The molecule has 0 atom stereocenters. The van der Waals surface area contributed by atoms with E-state index in [1.54, 1.807) is 0 Å². The molecule has 7 heteroatoms. The Labute approximate surface area is 82.5 Å². The Morgan fingerprint density at radius 2 is 2.43 bits per heavy atom. The number of carboxylic acid groups (broad SMARTS) is 1. The average molecular weight is 214 g/mol. The lowest BCUT2D eigenvalue weighted by atomic mass is 10.2. The molecule has 0 aromatic carbocycles. The number of aromatic amines is 1. The van der Waals surface area contributed by atoms with Crippen molar-refractivity contribution in [2.45, 2.75) is 0 Å². The molecule has 0 unspecified atom stereocenters.